The van der Waals surface area contributed by atoms with Crippen LogP contribution in [0.1, 0.15) is 26.9 Å². The van der Waals surface area contributed by atoms with Crippen molar-refractivity contribution in [2.75, 3.05) is 5.32 Å². The van der Waals surface area contributed by atoms with Crippen molar-refractivity contribution in [3.05, 3.63) is 34.2 Å². The van der Waals surface area contributed by atoms with Crippen molar-refractivity contribution >= 4 is 22.4 Å². The molecule has 17 heavy (non-hydrogen) atoms. The number of hydrogen-bond acceptors (Lipinski definition) is 5. The van der Waals surface area contributed by atoms with Gasteiger partial charge in [0.1, 0.15) is 16.4 Å². The Labute approximate surface area is 102 Å². The van der Waals surface area contributed by atoms with E-state index in [1.54, 1.807) is 6.92 Å². The molecule has 0 aliphatic rings. The van der Waals surface area contributed by atoms with Crippen molar-refractivity contribution in [1.82, 2.24) is 4.98 Å². The largest absolute Gasteiger partial charge is 0.477 e. The van der Waals surface area contributed by atoms with Crippen LogP contribution < -0.4 is 5.32 Å². The molecule has 0 aliphatic heterocycles. The lowest BCUT2D eigenvalue weighted by Gasteiger charge is -1.98. The maximum absolute atomic E-state index is 10.8. The van der Waals surface area contributed by atoms with Gasteiger partial charge in [0, 0.05) is 0 Å². The fourth-order valence-electron chi connectivity index (χ4n) is 1.41. The summed E-state index contributed by atoms with van der Waals surface area (Å²) in [6, 6.07) is 3.76. The van der Waals surface area contributed by atoms with Gasteiger partial charge in [0.15, 0.2) is 5.13 Å². The van der Waals surface area contributed by atoms with E-state index in [-0.39, 0.29) is 4.88 Å². The highest BCUT2D eigenvalue weighted by molar-refractivity contribution is 7.17. The molecule has 2 aromatic heterocycles. The lowest BCUT2D eigenvalue weighted by molar-refractivity contribution is 0.0701. The van der Waals surface area contributed by atoms with Crippen LogP contribution in [0.15, 0.2) is 16.5 Å². The topological polar surface area (TPSA) is 75.4 Å². The predicted octanol–water partition coefficient (Wildman–Crippen LogP) is 2.66. The Kier molecular flexibility index (Phi) is 3.14. The second kappa shape index (κ2) is 4.58. The molecule has 0 spiro atoms. The summed E-state index contributed by atoms with van der Waals surface area (Å²) < 4.78 is 5.39. The Hall–Kier alpha value is -1.82. The van der Waals surface area contributed by atoms with Crippen LogP contribution in [0.4, 0.5) is 5.13 Å². The standard InChI is InChI=1S/C11H12N2O3S/c1-6-3-4-8(16-6)5-12-11-13-7(2)9(17-11)10(14)15/h3-4H,5H2,1-2H3,(H,12,13)(H,14,15). The normalized spacial score (nSPS) is 10.5. The van der Waals surface area contributed by atoms with Crippen molar-refractivity contribution in [1.29, 1.82) is 0 Å². The second-order valence-electron chi connectivity index (χ2n) is 3.60. The Bertz CT molecular complexity index is 545. The molecule has 5 nitrogen and oxygen atoms in total. The van der Waals surface area contributed by atoms with Crippen LogP contribution in [0.25, 0.3) is 0 Å². The smallest absolute Gasteiger partial charge is 0.347 e. The third kappa shape index (κ3) is 2.65. The quantitative estimate of drug-likeness (QED) is 0.875. The van der Waals surface area contributed by atoms with Gasteiger partial charge in [-0.25, -0.2) is 9.78 Å². The first-order valence-corrected chi connectivity index (χ1v) is 5.88. The SMILES string of the molecule is Cc1ccc(CNc2nc(C)c(C(=O)O)s2)o1. The molecule has 2 rings (SSSR count). The average molecular weight is 252 g/mol. The monoisotopic (exact) mass is 252 g/mol. The fraction of sp³-hybridized carbons (Fsp3) is 0.273. The van der Waals surface area contributed by atoms with Crippen molar-refractivity contribution < 1.29 is 14.3 Å². The first kappa shape index (κ1) is 11.7. The molecule has 90 valence electrons. The minimum atomic E-state index is -0.943. The van der Waals surface area contributed by atoms with E-state index in [9.17, 15) is 4.79 Å². The number of furan rings is 1. The van der Waals surface area contributed by atoms with Gasteiger partial charge < -0.3 is 14.8 Å². The molecule has 0 saturated carbocycles. The van der Waals surface area contributed by atoms with Gasteiger partial charge in [-0.05, 0) is 26.0 Å². The van der Waals surface area contributed by atoms with Crippen LogP contribution in [-0.4, -0.2) is 16.1 Å². The number of rotatable bonds is 4. The van der Waals surface area contributed by atoms with E-state index < -0.39 is 5.97 Å². The number of hydrogen-bond donors (Lipinski definition) is 2. The first-order valence-electron chi connectivity index (χ1n) is 5.06. The molecule has 0 fully saturated rings. The molecule has 0 saturated heterocycles. The lowest BCUT2D eigenvalue weighted by atomic mass is 10.4. The number of nitrogens with zero attached hydrogens (tertiary/aromatic N) is 1. The molecular weight excluding hydrogens is 240 g/mol. The van der Waals surface area contributed by atoms with Gasteiger partial charge in [-0.3, -0.25) is 0 Å². The molecular formula is C11H12N2O3S. The molecule has 2 aromatic rings. The van der Waals surface area contributed by atoms with Crippen molar-refractivity contribution in [2.24, 2.45) is 0 Å². The number of aromatic carboxylic acids is 1. The molecule has 2 N–H and O–H groups in total. The van der Waals surface area contributed by atoms with E-state index in [1.807, 2.05) is 19.1 Å². The molecule has 2 heterocycles. The molecule has 0 aromatic carbocycles. The molecule has 6 heteroatoms. The summed E-state index contributed by atoms with van der Waals surface area (Å²) in [6.07, 6.45) is 0. The Morgan fingerprint density at radius 2 is 2.29 bits per heavy atom. The van der Waals surface area contributed by atoms with Crippen molar-refractivity contribution in [3.63, 3.8) is 0 Å². The summed E-state index contributed by atoms with van der Waals surface area (Å²) in [6.45, 7) is 4.06. The van der Waals surface area contributed by atoms with Crippen LogP contribution in [0.3, 0.4) is 0 Å². The van der Waals surface area contributed by atoms with Gasteiger partial charge in [0.05, 0.1) is 12.2 Å². The fourth-order valence-corrected chi connectivity index (χ4v) is 2.21. The second-order valence-corrected chi connectivity index (χ2v) is 4.60. The zero-order valence-corrected chi connectivity index (χ0v) is 10.3. The summed E-state index contributed by atoms with van der Waals surface area (Å²) in [5.74, 6) is 0.706. The molecule has 0 aliphatic carbocycles. The maximum Gasteiger partial charge on any atom is 0.347 e. The van der Waals surface area contributed by atoms with E-state index in [0.29, 0.717) is 17.4 Å². The minimum Gasteiger partial charge on any atom is -0.477 e. The van der Waals surface area contributed by atoms with E-state index in [2.05, 4.69) is 10.3 Å². The van der Waals surface area contributed by atoms with E-state index >= 15 is 0 Å². The third-order valence-corrected chi connectivity index (χ3v) is 3.30. The Balaban J connectivity index is 2.04. The summed E-state index contributed by atoms with van der Waals surface area (Å²) in [5, 5.41) is 12.5. The average Bonchev–Trinajstić information content (AvgIpc) is 2.82. The minimum absolute atomic E-state index is 0.267. The van der Waals surface area contributed by atoms with Crippen LogP contribution in [-0.2, 0) is 6.54 Å². The zero-order chi connectivity index (χ0) is 12.4. The molecule has 0 atom stereocenters. The van der Waals surface area contributed by atoms with Crippen LogP contribution >= 0.6 is 11.3 Å². The number of thiazole rings is 1. The van der Waals surface area contributed by atoms with Crippen LogP contribution in [0.2, 0.25) is 0 Å². The van der Waals surface area contributed by atoms with Crippen molar-refractivity contribution in [2.45, 2.75) is 20.4 Å². The van der Waals surface area contributed by atoms with E-state index in [1.165, 1.54) is 0 Å². The first-order chi connectivity index (χ1) is 8.06. The number of aryl methyl sites for hydroxylation is 2. The highest BCUT2D eigenvalue weighted by Crippen LogP contribution is 2.23. The summed E-state index contributed by atoms with van der Waals surface area (Å²) in [4.78, 5) is 15.2. The number of anilines is 1. The van der Waals surface area contributed by atoms with E-state index in [4.69, 9.17) is 9.52 Å². The molecule has 0 unspecified atom stereocenters. The van der Waals surface area contributed by atoms with Crippen LogP contribution in [0.5, 0.6) is 0 Å². The molecule has 0 radical (unpaired) electrons. The van der Waals surface area contributed by atoms with Gasteiger partial charge in [-0.2, -0.15) is 0 Å². The van der Waals surface area contributed by atoms with Crippen LogP contribution in [0, 0.1) is 13.8 Å². The van der Waals surface area contributed by atoms with Gasteiger partial charge in [-0.1, -0.05) is 11.3 Å². The van der Waals surface area contributed by atoms with E-state index in [0.717, 1.165) is 22.9 Å². The Morgan fingerprint density at radius 3 is 2.82 bits per heavy atom. The molecule has 0 amide bonds. The highest BCUT2D eigenvalue weighted by atomic mass is 32.1. The van der Waals surface area contributed by atoms with Gasteiger partial charge in [0.2, 0.25) is 0 Å². The molecule has 0 bridgehead atoms. The lowest BCUT2D eigenvalue weighted by Crippen LogP contribution is -1.97. The third-order valence-electron chi connectivity index (χ3n) is 2.20. The van der Waals surface area contributed by atoms with Gasteiger partial charge in [0.25, 0.3) is 0 Å². The number of carbonyl (C=O) groups is 1. The van der Waals surface area contributed by atoms with Crippen molar-refractivity contribution in [3.8, 4) is 0 Å². The summed E-state index contributed by atoms with van der Waals surface area (Å²) >= 11 is 1.13. The summed E-state index contributed by atoms with van der Waals surface area (Å²) in [5.41, 5.74) is 0.528. The number of carboxylic acid groups (broad SMARTS) is 1. The highest BCUT2D eigenvalue weighted by Gasteiger charge is 2.13. The summed E-state index contributed by atoms with van der Waals surface area (Å²) in [7, 11) is 0. The predicted molar refractivity (Wildman–Crippen MR) is 64.6 cm³/mol. The number of aromatic nitrogens is 1. The maximum atomic E-state index is 10.8. The van der Waals surface area contributed by atoms with Gasteiger partial charge in [-0.15, -0.1) is 0 Å². The number of nitrogens with one attached hydrogen (secondary N) is 1. The van der Waals surface area contributed by atoms with Gasteiger partial charge >= 0.3 is 5.97 Å². The Morgan fingerprint density at radius 1 is 1.53 bits per heavy atom. The number of carboxylic acids is 1. The zero-order valence-electron chi connectivity index (χ0n) is 9.48.